The number of hydrogen-bond acceptors (Lipinski definition) is 3. The zero-order chi connectivity index (χ0) is 11.4. The summed E-state index contributed by atoms with van der Waals surface area (Å²) in [5.74, 6) is 1.45. The highest BCUT2D eigenvalue weighted by Gasteiger charge is 2.19. The summed E-state index contributed by atoms with van der Waals surface area (Å²) in [4.78, 5) is 13.0. The third kappa shape index (κ3) is 3.09. The summed E-state index contributed by atoms with van der Waals surface area (Å²) in [6, 6.07) is 3.60. The van der Waals surface area contributed by atoms with Crippen LogP contribution >= 0.6 is 0 Å². The highest BCUT2D eigenvalue weighted by atomic mass is 16.3. The lowest BCUT2D eigenvalue weighted by Gasteiger charge is -2.23. The number of nitrogens with two attached hydrogens (primary N) is 1. The molecular weight excluding hydrogens is 192 g/mol. The van der Waals surface area contributed by atoms with E-state index in [0.717, 1.165) is 11.5 Å². The fourth-order valence-electron chi connectivity index (χ4n) is 1.66. The first-order valence-corrected chi connectivity index (χ1v) is 5.09. The Morgan fingerprint density at radius 1 is 1.60 bits per heavy atom. The first-order valence-electron chi connectivity index (χ1n) is 5.09. The molecule has 0 saturated carbocycles. The summed E-state index contributed by atoms with van der Waals surface area (Å²) in [6.07, 6.45) is 0.714. The molecule has 0 spiro atoms. The maximum atomic E-state index is 11.1. The molecule has 1 aromatic heterocycles. The van der Waals surface area contributed by atoms with E-state index in [0.29, 0.717) is 13.0 Å². The fraction of sp³-hybridized carbons (Fsp3) is 0.545. The summed E-state index contributed by atoms with van der Waals surface area (Å²) < 4.78 is 5.43. The van der Waals surface area contributed by atoms with Crippen LogP contribution in [0.2, 0.25) is 0 Å². The van der Waals surface area contributed by atoms with Crippen molar-refractivity contribution >= 4 is 5.91 Å². The minimum absolute atomic E-state index is 0.226. The number of carbonyl (C=O) groups is 1. The van der Waals surface area contributed by atoms with Gasteiger partial charge in [0.05, 0.1) is 12.6 Å². The molecule has 15 heavy (non-hydrogen) atoms. The van der Waals surface area contributed by atoms with E-state index >= 15 is 0 Å². The molecule has 0 radical (unpaired) electrons. The molecule has 1 heterocycles. The van der Waals surface area contributed by atoms with Gasteiger partial charge in [-0.2, -0.15) is 0 Å². The highest BCUT2D eigenvalue weighted by Crippen LogP contribution is 2.11. The quantitative estimate of drug-likeness (QED) is 0.796. The predicted octanol–water partition coefficient (Wildman–Crippen LogP) is 1.28. The minimum Gasteiger partial charge on any atom is -0.465 e. The predicted molar refractivity (Wildman–Crippen MR) is 58.2 cm³/mol. The van der Waals surface area contributed by atoms with Crippen LogP contribution in [0.15, 0.2) is 16.5 Å². The van der Waals surface area contributed by atoms with E-state index in [1.165, 1.54) is 0 Å². The molecule has 2 N–H and O–H groups in total. The third-order valence-electron chi connectivity index (χ3n) is 2.45. The van der Waals surface area contributed by atoms with Crippen LogP contribution in [0.5, 0.6) is 0 Å². The molecule has 0 bridgehead atoms. The Bertz CT molecular complexity index is 333. The van der Waals surface area contributed by atoms with Crippen LogP contribution in [0.25, 0.3) is 0 Å². The number of primary amides is 1. The molecular formula is C11H18N2O2. The van der Waals surface area contributed by atoms with Crippen molar-refractivity contribution in [1.29, 1.82) is 0 Å². The third-order valence-corrected chi connectivity index (χ3v) is 2.45. The second kappa shape index (κ2) is 4.98. The second-order valence-corrected chi connectivity index (χ2v) is 3.75. The number of hydrogen-bond donors (Lipinski definition) is 1. The molecule has 4 heteroatoms. The van der Waals surface area contributed by atoms with Gasteiger partial charge in [-0.05, 0) is 32.5 Å². The molecule has 0 fully saturated rings. The Balaban J connectivity index is 2.61. The second-order valence-electron chi connectivity index (χ2n) is 3.75. The van der Waals surface area contributed by atoms with Crippen molar-refractivity contribution in [2.45, 2.75) is 32.9 Å². The van der Waals surface area contributed by atoms with E-state index in [2.05, 4.69) is 0 Å². The highest BCUT2D eigenvalue weighted by molar-refractivity contribution is 5.79. The van der Waals surface area contributed by atoms with Gasteiger partial charge in [0.2, 0.25) is 5.91 Å². The number of amides is 1. The largest absolute Gasteiger partial charge is 0.465 e. The molecule has 0 aliphatic heterocycles. The minimum atomic E-state index is -0.289. The van der Waals surface area contributed by atoms with E-state index in [1.807, 2.05) is 37.9 Å². The van der Waals surface area contributed by atoms with Crippen molar-refractivity contribution in [3.8, 4) is 0 Å². The van der Waals surface area contributed by atoms with Gasteiger partial charge in [-0.3, -0.25) is 9.69 Å². The van der Waals surface area contributed by atoms with Gasteiger partial charge >= 0.3 is 0 Å². The van der Waals surface area contributed by atoms with Crippen molar-refractivity contribution in [1.82, 2.24) is 4.90 Å². The van der Waals surface area contributed by atoms with Crippen molar-refractivity contribution in [3.05, 3.63) is 23.7 Å². The summed E-state index contributed by atoms with van der Waals surface area (Å²) in [5, 5.41) is 0. The van der Waals surface area contributed by atoms with Crippen molar-refractivity contribution in [3.63, 3.8) is 0 Å². The molecule has 1 amide bonds. The number of nitrogens with zero attached hydrogens (tertiary/aromatic N) is 1. The normalized spacial score (nSPS) is 13.1. The van der Waals surface area contributed by atoms with Crippen LogP contribution in [0.3, 0.4) is 0 Å². The number of aryl methyl sites for hydroxylation is 1. The van der Waals surface area contributed by atoms with Crippen LogP contribution in [-0.2, 0) is 11.3 Å². The average molecular weight is 210 g/mol. The Labute approximate surface area is 90.0 Å². The van der Waals surface area contributed by atoms with E-state index in [1.54, 1.807) is 0 Å². The van der Waals surface area contributed by atoms with E-state index in [9.17, 15) is 4.79 Å². The molecule has 4 nitrogen and oxygen atoms in total. The summed E-state index contributed by atoms with van der Waals surface area (Å²) in [7, 11) is 1.87. The van der Waals surface area contributed by atoms with Gasteiger partial charge in [-0.15, -0.1) is 0 Å². The fourth-order valence-corrected chi connectivity index (χ4v) is 1.66. The van der Waals surface area contributed by atoms with Crippen LogP contribution in [0.4, 0.5) is 0 Å². The SMILES string of the molecule is CCC(C(N)=O)N(C)Cc1ccc(C)o1. The number of carbonyl (C=O) groups excluding carboxylic acids is 1. The summed E-state index contributed by atoms with van der Waals surface area (Å²) in [6.45, 7) is 4.45. The number of likely N-dealkylation sites (N-methyl/N-ethyl adjacent to an activating group) is 1. The van der Waals surface area contributed by atoms with E-state index in [4.69, 9.17) is 10.2 Å². The monoisotopic (exact) mass is 210 g/mol. The average Bonchev–Trinajstić information content (AvgIpc) is 2.51. The summed E-state index contributed by atoms with van der Waals surface area (Å²) in [5.41, 5.74) is 5.30. The molecule has 0 aliphatic carbocycles. The van der Waals surface area contributed by atoms with Crippen LogP contribution in [0, 0.1) is 6.92 Å². The number of furan rings is 1. The van der Waals surface area contributed by atoms with Crippen molar-refractivity contribution in [2.24, 2.45) is 5.73 Å². The Morgan fingerprint density at radius 3 is 2.67 bits per heavy atom. The molecule has 0 aliphatic rings. The zero-order valence-corrected chi connectivity index (χ0v) is 9.49. The molecule has 0 saturated heterocycles. The van der Waals surface area contributed by atoms with Gasteiger partial charge in [0.1, 0.15) is 11.5 Å². The lowest BCUT2D eigenvalue weighted by Crippen LogP contribution is -2.41. The lowest BCUT2D eigenvalue weighted by molar-refractivity contribution is -0.123. The Kier molecular flexibility index (Phi) is 3.91. The molecule has 1 aromatic rings. The lowest BCUT2D eigenvalue weighted by atomic mass is 10.2. The molecule has 0 aromatic carbocycles. The topological polar surface area (TPSA) is 59.5 Å². The van der Waals surface area contributed by atoms with E-state index in [-0.39, 0.29) is 11.9 Å². The summed E-state index contributed by atoms with van der Waals surface area (Å²) >= 11 is 0. The van der Waals surface area contributed by atoms with Gasteiger partial charge < -0.3 is 10.2 Å². The molecule has 1 unspecified atom stereocenters. The first-order chi connectivity index (χ1) is 7.04. The molecule has 1 atom stereocenters. The van der Waals surface area contributed by atoms with Gasteiger partial charge in [0, 0.05) is 0 Å². The van der Waals surface area contributed by atoms with Crippen LogP contribution < -0.4 is 5.73 Å². The van der Waals surface area contributed by atoms with Crippen LogP contribution in [-0.4, -0.2) is 23.9 Å². The van der Waals surface area contributed by atoms with Crippen LogP contribution in [0.1, 0.15) is 24.9 Å². The standard InChI is InChI=1S/C11H18N2O2/c1-4-10(11(12)14)13(3)7-9-6-5-8(2)15-9/h5-6,10H,4,7H2,1-3H3,(H2,12,14). The Hall–Kier alpha value is -1.29. The van der Waals surface area contributed by atoms with Gasteiger partial charge in [-0.25, -0.2) is 0 Å². The van der Waals surface area contributed by atoms with Crippen molar-refractivity contribution < 1.29 is 9.21 Å². The van der Waals surface area contributed by atoms with E-state index < -0.39 is 0 Å². The maximum Gasteiger partial charge on any atom is 0.234 e. The van der Waals surface area contributed by atoms with Gasteiger partial charge in [0.15, 0.2) is 0 Å². The maximum absolute atomic E-state index is 11.1. The molecule has 1 rings (SSSR count). The molecule has 84 valence electrons. The smallest absolute Gasteiger partial charge is 0.234 e. The van der Waals surface area contributed by atoms with Crippen molar-refractivity contribution in [2.75, 3.05) is 7.05 Å². The van der Waals surface area contributed by atoms with Gasteiger partial charge in [0.25, 0.3) is 0 Å². The Morgan fingerprint density at radius 2 is 2.27 bits per heavy atom. The van der Waals surface area contributed by atoms with Gasteiger partial charge in [-0.1, -0.05) is 6.92 Å². The number of rotatable bonds is 5. The first kappa shape index (κ1) is 11.8. The zero-order valence-electron chi connectivity index (χ0n) is 9.49.